The van der Waals surface area contributed by atoms with Crippen molar-refractivity contribution in [2.75, 3.05) is 14.2 Å². The van der Waals surface area contributed by atoms with Crippen LogP contribution in [0.15, 0.2) is 46.9 Å². The summed E-state index contributed by atoms with van der Waals surface area (Å²) >= 11 is 0. The fourth-order valence-corrected chi connectivity index (χ4v) is 2.83. The van der Waals surface area contributed by atoms with Crippen LogP contribution in [0.2, 0.25) is 0 Å². The van der Waals surface area contributed by atoms with Crippen molar-refractivity contribution >= 4 is 0 Å². The Bertz CT molecular complexity index is 945. The van der Waals surface area contributed by atoms with E-state index in [2.05, 4.69) is 14.9 Å². The Kier molecular flexibility index (Phi) is 6.43. The van der Waals surface area contributed by atoms with Crippen molar-refractivity contribution in [2.45, 2.75) is 33.0 Å². The van der Waals surface area contributed by atoms with Crippen LogP contribution in [0.1, 0.15) is 30.0 Å². The predicted octanol–water partition coefficient (Wildman–Crippen LogP) is 4.85. The van der Waals surface area contributed by atoms with Gasteiger partial charge in [0.1, 0.15) is 0 Å². The number of aromatic nitrogens is 2. The second kappa shape index (κ2) is 9.00. The first-order valence-electron chi connectivity index (χ1n) is 9.09. The maximum absolute atomic E-state index is 12.5. The Morgan fingerprint density at radius 3 is 2.45 bits per heavy atom. The zero-order chi connectivity index (χ0) is 21.0. The number of alkyl halides is 2. The van der Waals surface area contributed by atoms with Gasteiger partial charge >= 0.3 is 6.61 Å². The highest BCUT2D eigenvalue weighted by molar-refractivity contribution is 5.52. The zero-order valence-corrected chi connectivity index (χ0v) is 16.7. The van der Waals surface area contributed by atoms with Gasteiger partial charge in [-0.25, -0.2) is 0 Å². The summed E-state index contributed by atoms with van der Waals surface area (Å²) in [4.78, 5) is 2.01. The van der Waals surface area contributed by atoms with Crippen LogP contribution in [-0.2, 0) is 6.54 Å². The highest BCUT2D eigenvalue weighted by Gasteiger charge is 2.20. The van der Waals surface area contributed by atoms with E-state index >= 15 is 0 Å². The molecular weight excluding hydrogens is 380 g/mol. The molecule has 1 heterocycles. The summed E-state index contributed by atoms with van der Waals surface area (Å²) < 4.78 is 40.4. The number of halogens is 2. The summed E-state index contributed by atoms with van der Waals surface area (Å²) in [5, 5.41) is 8.31. The largest absolute Gasteiger partial charge is 0.493 e. The van der Waals surface area contributed by atoms with Gasteiger partial charge in [0, 0.05) is 12.1 Å². The van der Waals surface area contributed by atoms with Gasteiger partial charge in [-0.2, -0.15) is 8.78 Å². The van der Waals surface area contributed by atoms with Crippen LogP contribution in [0.5, 0.6) is 11.5 Å². The van der Waals surface area contributed by atoms with Crippen LogP contribution in [0.25, 0.3) is 11.5 Å². The fraction of sp³-hybridized carbons (Fsp3) is 0.333. The molecule has 3 aromatic rings. The Hall–Kier alpha value is -3.00. The Balaban J connectivity index is 1.70. The van der Waals surface area contributed by atoms with Crippen molar-refractivity contribution in [3.05, 3.63) is 59.5 Å². The van der Waals surface area contributed by atoms with Crippen molar-refractivity contribution in [1.29, 1.82) is 0 Å². The van der Waals surface area contributed by atoms with Gasteiger partial charge in [0.05, 0.1) is 13.2 Å². The molecule has 1 aromatic heterocycles. The molecule has 154 valence electrons. The van der Waals surface area contributed by atoms with Crippen LogP contribution in [-0.4, -0.2) is 35.9 Å². The number of nitrogens with zero attached hydrogens (tertiary/aromatic N) is 3. The third kappa shape index (κ3) is 5.08. The number of rotatable bonds is 8. The van der Waals surface area contributed by atoms with Crippen LogP contribution >= 0.6 is 0 Å². The molecule has 8 heteroatoms. The van der Waals surface area contributed by atoms with Gasteiger partial charge in [-0.1, -0.05) is 23.8 Å². The summed E-state index contributed by atoms with van der Waals surface area (Å²) in [5.74, 6) is 1.22. The van der Waals surface area contributed by atoms with E-state index in [4.69, 9.17) is 9.15 Å². The van der Waals surface area contributed by atoms with Crippen LogP contribution in [0, 0.1) is 6.92 Å². The average molecular weight is 403 g/mol. The molecule has 2 aromatic carbocycles. The maximum atomic E-state index is 12.5. The van der Waals surface area contributed by atoms with Crippen molar-refractivity contribution in [2.24, 2.45) is 0 Å². The molecule has 0 N–H and O–H groups in total. The summed E-state index contributed by atoms with van der Waals surface area (Å²) in [6.45, 7) is 1.59. The van der Waals surface area contributed by atoms with Gasteiger partial charge in [-0.05, 0) is 50.7 Å². The molecule has 1 atom stereocenters. The maximum Gasteiger partial charge on any atom is 0.387 e. The standard InChI is InChI=1S/C21H23F2N3O3/c1-13-5-8-16(9-6-13)20-25-24-19(29-20)14(2)26(3)12-15-7-10-17(28-21(22)23)18(11-15)27-4/h5-11,14,21H,12H2,1-4H3/t14-/m1/s1. The van der Waals surface area contributed by atoms with E-state index in [0.717, 1.165) is 16.7 Å². The van der Waals surface area contributed by atoms with Gasteiger partial charge in [0.25, 0.3) is 0 Å². The first-order chi connectivity index (χ1) is 13.9. The van der Waals surface area contributed by atoms with Gasteiger partial charge < -0.3 is 13.9 Å². The van der Waals surface area contributed by atoms with Gasteiger partial charge in [-0.3, -0.25) is 4.90 Å². The van der Waals surface area contributed by atoms with Crippen LogP contribution in [0.4, 0.5) is 8.78 Å². The Morgan fingerprint density at radius 2 is 1.79 bits per heavy atom. The lowest BCUT2D eigenvalue weighted by Crippen LogP contribution is -2.22. The summed E-state index contributed by atoms with van der Waals surface area (Å²) in [6, 6.07) is 12.6. The molecule has 0 aliphatic rings. The fourth-order valence-electron chi connectivity index (χ4n) is 2.83. The lowest BCUT2D eigenvalue weighted by Gasteiger charge is -2.22. The topological polar surface area (TPSA) is 60.6 Å². The van der Waals surface area contributed by atoms with E-state index in [9.17, 15) is 8.78 Å². The van der Waals surface area contributed by atoms with E-state index in [0.29, 0.717) is 18.3 Å². The molecule has 0 bridgehead atoms. The van der Waals surface area contributed by atoms with Crippen molar-refractivity contribution < 1.29 is 22.7 Å². The number of hydrogen-bond donors (Lipinski definition) is 0. The SMILES string of the molecule is COc1cc(CN(C)[C@H](C)c2nnc(-c3ccc(C)cc3)o2)ccc1OC(F)F. The minimum Gasteiger partial charge on any atom is -0.493 e. The van der Waals surface area contributed by atoms with E-state index in [1.54, 1.807) is 12.1 Å². The molecular formula is C21H23F2N3O3. The van der Waals surface area contributed by atoms with Gasteiger partial charge in [0.2, 0.25) is 11.8 Å². The minimum absolute atomic E-state index is 0.00147. The summed E-state index contributed by atoms with van der Waals surface area (Å²) in [5.41, 5.74) is 2.89. The molecule has 0 fully saturated rings. The van der Waals surface area contributed by atoms with Gasteiger partial charge in [0.15, 0.2) is 11.5 Å². The summed E-state index contributed by atoms with van der Waals surface area (Å²) in [7, 11) is 3.32. The molecule has 0 aliphatic carbocycles. The molecule has 0 aliphatic heterocycles. The van der Waals surface area contributed by atoms with E-state index in [1.165, 1.54) is 13.2 Å². The number of aryl methyl sites for hydroxylation is 1. The van der Waals surface area contributed by atoms with E-state index in [-0.39, 0.29) is 17.5 Å². The zero-order valence-electron chi connectivity index (χ0n) is 16.7. The van der Waals surface area contributed by atoms with E-state index < -0.39 is 6.61 Å². The monoisotopic (exact) mass is 403 g/mol. The highest BCUT2D eigenvalue weighted by Crippen LogP contribution is 2.31. The number of benzene rings is 2. The quantitative estimate of drug-likeness (QED) is 0.536. The van der Waals surface area contributed by atoms with Gasteiger partial charge in [-0.15, -0.1) is 10.2 Å². The lowest BCUT2D eigenvalue weighted by molar-refractivity contribution is -0.0512. The minimum atomic E-state index is -2.90. The molecule has 3 rings (SSSR count). The van der Waals surface area contributed by atoms with Crippen molar-refractivity contribution in [3.63, 3.8) is 0 Å². The van der Waals surface area contributed by atoms with Crippen LogP contribution < -0.4 is 9.47 Å². The molecule has 0 unspecified atom stereocenters. The molecule has 0 saturated carbocycles. The summed E-state index contributed by atoms with van der Waals surface area (Å²) in [6.07, 6.45) is 0. The smallest absolute Gasteiger partial charge is 0.387 e. The lowest BCUT2D eigenvalue weighted by atomic mass is 10.1. The molecule has 0 saturated heterocycles. The Labute approximate surface area is 168 Å². The third-order valence-electron chi connectivity index (χ3n) is 4.63. The Morgan fingerprint density at radius 1 is 1.07 bits per heavy atom. The third-order valence-corrected chi connectivity index (χ3v) is 4.63. The van der Waals surface area contributed by atoms with Crippen LogP contribution in [0.3, 0.4) is 0 Å². The molecule has 0 amide bonds. The molecule has 0 spiro atoms. The average Bonchev–Trinajstić information content (AvgIpc) is 3.18. The predicted molar refractivity (Wildman–Crippen MR) is 104 cm³/mol. The molecule has 0 radical (unpaired) electrons. The second-order valence-electron chi connectivity index (χ2n) is 6.77. The first-order valence-corrected chi connectivity index (χ1v) is 9.09. The number of ether oxygens (including phenoxy) is 2. The normalized spacial score (nSPS) is 12.4. The number of hydrogen-bond acceptors (Lipinski definition) is 6. The van der Waals surface area contributed by atoms with Crippen molar-refractivity contribution in [3.8, 4) is 23.0 Å². The number of methoxy groups -OCH3 is 1. The highest BCUT2D eigenvalue weighted by atomic mass is 19.3. The van der Waals surface area contributed by atoms with Crippen molar-refractivity contribution in [1.82, 2.24) is 15.1 Å². The molecule has 6 nitrogen and oxygen atoms in total. The van der Waals surface area contributed by atoms with E-state index in [1.807, 2.05) is 50.1 Å². The second-order valence-corrected chi connectivity index (χ2v) is 6.77. The first kappa shape index (κ1) is 20.7. The molecule has 29 heavy (non-hydrogen) atoms.